The zero-order valence-corrected chi connectivity index (χ0v) is 10.7. The molecule has 0 saturated heterocycles. The second-order valence-electron chi connectivity index (χ2n) is 3.03. The molecule has 0 aliphatic heterocycles. The molecular weight excluding hydrogens is 308 g/mol. The molecule has 72 valence electrons. The smallest absolute Gasteiger partial charge is 0.135 e. The summed E-state index contributed by atoms with van der Waals surface area (Å²) in [6.45, 7) is 1.94. The number of hydrogen-bond donors (Lipinski definition) is 0. The molecule has 1 aromatic carbocycles. The summed E-state index contributed by atoms with van der Waals surface area (Å²) in [6, 6.07) is 9.96. The lowest BCUT2D eigenvalue weighted by Gasteiger charge is -2.01. The predicted molar refractivity (Wildman–Crippen MR) is 64.3 cm³/mol. The number of benzene rings is 1. The second-order valence-corrected chi connectivity index (χ2v) is 4.80. The van der Waals surface area contributed by atoms with E-state index >= 15 is 0 Å². The lowest BCUT2D eigenvalue weighted by molar-refractivity contribution is 0.548. The third kappa shape index (κ3) is 1.93. The van der Waals surface area contributed by atoms with Gasteiger partial charge in [0.15, 0.2) is 0 Å². The fraction of sp³-hybridized carbons (Fsp3) is 0.0909. The molecule has 0 bridgehead atoms. The normalized spacial score (nSPS) is 10.5. The number of hydrogen-bond acceptors (Lipinski definition) is 1. The zero-order chi connectivity index (χ0) is 10.1. The minimum Gasteiger partial charge on any atom is -0.461 e. The van der Waals surface area contributed by atoms with Crippen LogP contribution in [0.3, 0.4) is 0 Å². The minimum absolute atomic E-state index is 0.891. The molecule has 0 unspecified atom stereocenters. The Balaban J connectivity index is 2.52. The van der Waals surface area contributed by atoms with Gasteiger partial charge in [0.1, 0.15) is 11.5 Å². The van der Waals surface area contributed by atoms with Crippen molar-refractivity contribution >= 4 is 31.9 Å². The van der Waals surface area contributed by atoms with Gasteiger partial charge >= 0.3 is 0 Å². The molecule has 14 heavy (non-hydrogen) atoms. The summed E-state index contributed by atoms with van der Waals surface area (Å²) in [7, 11) is 0. The fourth-order valence-electron chi connectivity index (χ4n) is 1.27. The molecule has 0 N–H and O–H groups in total. The molecule has 1 heterocycles. The van der Waals surface area contributed by atoms with Crippen LogP contribution >= 0.6 is 31.9 Å². The lowest BCUT2D eigenvalue weighted by atomic mass is 10.2. The Morgan fingerprint density at radius 3 is 2.43 bits per heavy atom. The third-order valence-corrected chi connectivity index (χ3v) is 3.09. The topological polar surface area (TPSA) is 13.1 Å². The summed E-state index contributed by atoms with van der Waals surface area (Å²) in [4.78, 5) is 0. The van der Waals surface area contributed by atoms with E-state index in [4.69, 9.17) is 4.42 Å². The number of halogens is 2. The second kappa shape index (κ2) is 3.91. The third-order valence-electron chi connectivity index (χ3n) is 1.94. The van der Waals surface area contributed by atoms with E-state index in [2.05, 4.69) is 31.9 Å². The molecule has 1 aromatic heterocycles. The van der Waals surface area contributed by atoms with Crippen molar-refractivity contribution in [2.75, 3.05) is 0 Å². The van der Waals surface area contributed by atoms with Crippen molar-refractivity contribution in [3.63, 3.8) is 0 Å². The maximum absolute atomic E-state index is 5.54. The van der Waals surface area contributed by atoms with E-state index in [0.29, 0.717) is 0 Å². The molecule has 3 heteroatoms. The van der Waals surface area contributed by atoms with Gasteiger partial charge in [0.05, 0.1) is 0 Å². The van der Waals surface area contributed by atoms with Crippen LogP contribution in [0.15, 0.2) is 43.7 Å². The fourth-order valence-corrected chi connectivity index (χ4v) is 2.51. The standard InChI is InChI=1S/C11H8Br2O/c1-7-2-5-11(14-7)9-4-3-8(12)6-10(9)13/h2-6H,1H3. The average molecular weight is 316 g/mol. The summed E-state index contributed by atoms with van der Waals surface area (Å²) in [6.07, 6.45) is 0. The summed E-state index contributed by atoms with van der Waals surface area (Å²) in [5.41, 5.74) is 1.07. The van der Waals surface area contributed by atoms with Crippen LogP contribution in [0.2, 0.25) is 0 Å². The van der Waals surface area contributed by atoms with E-state index in [0.717, 1.165) is 26.0 Å². The molecule has 0 aliphatic carbocycles. The van der Waals surface area contributed by atoms with Gasteiger partial charge in [0.25, 0.3) is 0 Å². The van der Waals surface area contributed by atoms with E-state index in [1.165, 1.54) is 0 Å². The highest BCUT2D eigenvalue weighted by atomic mass is 79.9. The van der Waals surface area contributed by atoms with Crippen molar-refractivity contribution in [2.45, 2.75) is 6.92 Å². The van der Waals surface area contributed by atoms with E-state index in [9.17, 15) is 0 Å². The van der Waals surface area contributed by atoms with E-state index < -0.39 is 0 Å². The Bertz CT molecular complexity index is 460. The van der Waals surface area contributed by atoms with Crippen LogP contribution in [0.1, 0.15) is 5.76 Å². The van der Waals surface area contributed by atoms with Crippen molar-refractivity contribution < 1.29 is 4.42 Å². The quantitative estimate of drug-likeness (QED) is 0.738. The first-order valence-corrected chi connectivity index (χ1v) is 5.77. The average Bonchev–Trinajstić information content (AvgIpc) is 2.51. The minimum atomic E-state index is 0.891. The molecule has 2 aromatic rings. The Hall–Kier alpha value is -0.540. The maximum atomic E-state index is 5.54. The van der Waals surface area contributed by atoms with Crippen molar-refractivity contribution in [1.29, 1.82) is 0 Å². The van der Waals surface area contributed by atoms with Crippen molar-refractivity contribution in [2.24, 2.45) is 0 Å². The van der Waals surface area contributed by atoms with Crippen LogP contribution in [-0.4, -0.2) is 0 Å². The van der Waals surface area contributed by atoms with Crippen LogP contribution in [0.5, 0.6) is 0 Å². The maximum Gasteiger partial charge on any atom is 0.135 e. The van der Waals surface area contributed by atoms with Gasteiger partial charge in [-0.3, -0.25) is 0 Å². The van der Waals surface area contributed by atoms with Gasteiger partial charge in [-0.15, -0.1) is 0 Å². The SMILES string of the molecule is Cc1ccc(-c2ccc(Br)cc2Br)o1. The van der Waals surface area contributed by atoms with Crippen LogP contribution in [-0.2, 0) is 0 Å². The highest BCUT2D eigenvalue weighted by Crippen LogP contribution is 2.31. The van der Waals surface area contributed by atoms with E-state index in [1.807, 2.05) is 37.3 Å². The number of aryl methyl sites for hydroxylation is 1. The van der Waals surface area contributed by atoms with Gasteiger partial charge in [-0.1, -0.05) is 15.9 Å². The van der Waals surface area contributed by atoms with Crippen LogP contribution < -0.4 is 0 Å². The van der Waals surface area contributed by atoms with Crippen LogP contribution in [0, 0.1) is 6.92 Å². The van der Waals surface area contributed by atoms with Gasteiger partial charge in [-0.25, -0.2) is 0 Å². The van der Waals surface area contributed by atoms with Gasteiger partial charge in [-0.2, -0.15) is 0 Å². The highest BCUT2D eigenvalue weighted by Gasteiger charge is 2.06. The number of rotatable bonds is 1. The van der Waals surface area contributed by atoms with Gasteiger partial charge < -0.3 is 4.42 Å². The molecule has 0 aliphatic rings. The van der Waals surface area contributed by atoms with Crippen molar-refractivity contribution in [3.05, 3.63) is 45.0 Å². The Labute approximate surface area is 99.4 Å². The molecule has 0 radical (unpaired) electrons. The molecule has 0 spiro atoms. The highest BCUT2D eigenvalue weighted by molar-refractivity contribution is 9.11. The molecule has 0 atom stereocenters. The first-order chi connectivity index (χ1) is 6.66. The molecule has 0 amide bonds. The zero-order valence-electron chi connectivity index (χ0n) is 7.55. The Morgan fingerprint density at radius 2 is 1.86 bits per heavy atom. The first-order valence-electron chi connectivity index (χ1n) is 4.18. The van der Waals surface area contributed by atoms with Crippen molar-refractivity contribution in [3.8, 4) is 11.3 Å². The molecule has 1 nitrogen and oxygen atoms in total. The molecule has 0 saturated carbocycles. The van der Waals surface area contributed by atoms with Gasteiger partial charge in [0, 0.05) is 14.5 Å². The van der Waals surface area contributed by atoms with E-state index in [-0.39, 0.29) is 0 Å². The molecule has 0 fully saturated rings. The van der Waals surface area contributed by atoms with Crippen molar-refractivity contribution in [1.82, 2.24) is 0 Å². The van der Waals surface area contributed by atoms with Crippen LogP contribution in [0.4, 0.5) is 0 Å². The van der Waals surface area contributed by atoms with Crippen LogP contribution in [0.25, 0.3) is 11.3 Å². The Kier molecular flexibility index (Phi) is 2.79. The largest absolute Gasteiger partial charge is 0.461 e. The Morgan fingerprint density at radius 1 is 1.07 bits per heavy atom. The predicted octanol–water partition coefficient (Wildman–Crippen LogP) is 4.78. The summed E-state index contributed by atoms with van der Waals surface area (Å²) in [5.74, 6) is 1.82. The molecular formula is C11H8Br2O. The summed E-state index contributed by atoms with van der Waals surface area (Å²) < 4.78 is 7.63. The van der Waals surface area contributed by atoms with Gasteiger partial charge in [0.2, 0.25) is 0 Å². The lowest BCUT2D eigenvalue weighted by Crippen LogP contribution is -1.76. The molecule has 2 rings (SSSR count). The van der Waals surface area contributed by atoms with E-state index in [1.54, 1.807) is 0 Å². The summed E-state index contributed by atoms with van der Waals surface area (Å²) in [5, 5.41) is 0. The monoisotopic (exact) mass is 314 g/mol. The first kappa shape index (κ1) is 9.99. The summed E-state index contributed by atoms with van der Waals surface area (Å²) >= 11 is 6.92. The van der Waals surface area contributed by atoms with Gasteiger partial charge in [-0.05, 0) is 53.2 Å². The number of furan rings is 1.